The van der Waals surface area contributed by atoms with Crippen molar-refractivity contribution in [1.29, 1.82) is 0 Å². The van der Waals surface area contributed by atoms with Crippen LogP contribution < -0.4 is 10.1 Å². The summed E-state index contributed by atoms with van der Waals surface area (Å²) in [5.41, 5.74) is 0.525. The van der Waals surface area contributed by atoms with Gasteiger partial charge in [-0.05, 0) is 19.1 Å². The number of nitrogens with one attached hydrogen (secondary N) is 1. The molecule has 0 spiro atoms. The zero-order valence-electron chi connectivity index (χ0n) is 11.6. The van der Waals surface area contributed by atoms with Crippen LogP contribution in [0.1, 0.15) is 6.92 Å². The molecule has 1 aromatic carbocycles. The molecule has 1 saturated heterocycles. The monoisotopic (exact) mass is 302 g/mol. The highest BCUT2D eigenvalue weighted by Gasteiger charge is 2.47. The number of para-hydroxylation sites is 2. The Morgan fingerprint density at radius 2 is 2.05 bits per heavy atom. The first-order valence-electron chi connectivity index (χ1n) is 6.71. The van der Waals surface area contributed by atoms with Gasteiger partial charge >= 0.3 is 6.18 Å². The molecule has 0 radical (unpaired) electrons. The number of rotatable bonds is 5. The van der Waals surface area contributed by atoms with Crippen molar-refractivity contribution >= 4 is 11.6 Å². The predicted molar refractivity (Wildman–Crippen MR) is 72.2 cm³/mol. The van der Waals surface area contributed by atoms with Gasteiger partial charge in [0, 0.05) is 13.1 Å². The summed E-state index contributed by atoms with van der Waals surface area (Å²) >= 11 is 0. The van der Waals surface area contributed by atoms with E-state index in [1.165, 1.54) is 4.90 Å². The van der Waals surface area contributed by atoms with Gasteiger partial charge in [-0.3, -0.25) is 9.69 Å². The van der Waals surface area contributed by atoms with Crippen molar-refractivity contribution in [2.75, 3.05) is 31.6 Å². The van der Waals surface area contributed by atoms with Crippen LogP contribution in [0.2, 0.25) is 0 Å². The Hall–Kier alpha value is -1.76. The van der Waals surface area contributed by atoms with E-state index in [9.17, 15) is 18.0 Å². The molecule has 1 aromatic rings. The first-order valence-corrected chi connectivity index (χ1v) is 6.71. The van der Waals surface area contributed by atoms with Gasteiger partial charge in [-0.2, -0.15) is 13.2 Å². The molecule has 1 aliphatic heterocycles. The molecular weight excluding hydrogens is 285 g/mol. The van der Waals surface area contributed by atoms with E-state index in [1.54, 1.807) is 24.3 Å². The first kappa shape index (κ1) is 15.6. The van der Waals surface area contributed by atoms with Crippen LogP contribution in [0.15, 0.2) is 24.3 Å². The van der Waals surface area contributed by atoms with Gasteiger partial charge in [-0.15, -0.1) is 0 Å². The molecule has 1 amide bonds. The van der Waals surface area contributed by atoms with Gasteiger partial charge in [0.05, 0.1) is 24.8 Å². The minimum atomic E-state index is -4.17. The molecule has 7 heteroatoms. The molecule has 0 saturated carbocycles. The number of halogens is 3. The second-order valence-electron chi connectivity index (χ2n) is 4.91. The number of nitrogens with zero attached hydrogens (tertiary/aromatic N) is 1. The van der Waals surface area contributed by atoms with E-state index in [0.29, 0.717) is 18.0 Å². The summed E-state index contributed by atoms with van der Waals surface area (Å²) in [7, 11) is 0. The Kier molecular flexibility index (Phi) is 4.72. The fraction of sp³-hybridized carbons (Fsp3) is 0.500. The van der Waals surface area contributed by atoms with Crippen LogP contribution in [0.5, 0.6) is 5.75 Å². The summed E-state index contributed by atoms with van der Waals surface area (Å²) in [6, 6.07) is 6.95. The van der Waals surface area contributed by atoms with Crippen LogP contribution in [0.25, 0.3) is 0 Å². The van der Waals surface area contributed by atoms with Gasteiger partial charge in [0.1, 0.15) is 5.75 Å². The molecule has 0 aromatic heterocycles. The molecular formula is C14H17F3N2O2. The molecule has 1 N–H and O–H groups in total. The lowest BCUT2D eigenvalue weighted by Crippen LogP contribution is -2.55. The van der Waals surface area contributed by atoms with Crippen molar-refractivity contribution in [2.45, 2.75) is 13.1 Å². The van der Waals surface area contributed by atoms with Gasteiger partial charge in [-0.1, -0.05) is 12.1 Å². The molecule has 21 heavy (non-hydrogen) atoms. The summed E-state index contributed by atoms with van der Waals surface area (Å²) in [6.45, 7) is 2.00. The van der Waals surface area contributed by atoms with E-state index in [2.05, 4.69) is 5.32 Å². The third-order valence-corrected chi connectivity index (χ3v) is 3.25. The fourth-order valence-corrected chi connectivity index (χ4v) is 2.15. The predicted octanol–water partition coefficient (Wildman–Crippen LogP) is 2.52. The van der Waals surface area contributed by atoms with Gasteiger partial charge in [-0.25, -0.2) is 0 Å². The molecule has 2 rings (SSSR count). The van der Waals surface area contributed by atoms with Crippen LogP contribution in [-0.4, -0.2) is 43.2 Å². The second-order valence-corrected chi connectivity index (χ2v) is 4.91. The van der Waals surface area contributed by atoms with Crippen LogP contribution in [0.3, 0.4) is 0 Å². The van der Waals surface area contributed by atoms with E-state index in [0.717, 1.165) is 0 Å². The zero-order valence-corrected chi connectivity index (χ0v) is 11.6. The average molecular weight is 302 g/mol. The highest BCUT2D eigenvalue weighted by Crippen LogP contribution is 2.33. The van der Waals surface area contributed by atoms with E-state index >= 15 is 0 Å². The number of likely N-dealkylation sites (tertiary alicyclic amines) is 1. The number of hydrogen-bond donors (Lipinski definition) is 1. The summed E-state index contributed by atoms with van der Waals surface area (Å²) in [5.74, 6) is -1.12. The minimum absolute atomic E-state index is 0.0486. The Balaban J connectivity index is 1.84. The third-order valence-electron chi connectivity index (χ3n) is 3.25. The number of hydrogen-bond acceptors (Lipinski definition) is 3. The van der Waals surface area contributed by atoms with Crippen molar-refractivity contribution in [1.82, 2.24) is 4.90 Å². The standard InChI is InChI=1S/C14H17F3N2O2/c1-2-21-12-6-4-3-5-11(12)18-13(20)9-19-7-10(8-19)14(15,16)17/h3-6,10H,2,7-9H2,1H3,(H,18,20). The lowest BCUT2D eigenvalue weighted by molar-refractivity contribution is -0.208. The van der Waals surface area contributed by atoms with Crippen LogP contribution >= 0.6 is 0 Å². The topological polar surface area (TPSA) is 41.6 Å². The van der Waals surface area contributed by atoms with Gasteiger partial charge in [0.25, 0.3) is 0 Å². The van der Waals surface area contributed by atoms with Gasteiger partial charge < -0.3 is 10.1 Å². The number of alkyl halides is 3. The molecule has 1 heterocycles. The summed E-state index contributed by atoms with van der Waals surface area (Å²) in [5, 5.41) is 2.66. The quantitative estimate of drug-likeness (QED) is 0.908. The SMILES string of the molecule is CCOc1ccccc1NC(=O)CN1CC(C(F)(F)F)C1. The Labute approximate surface area is 120 Å². The summed E-state index contributed by atoms with van der Waals surface area (Å²) < 4.78 is 42.4. The molecule has 1 aliphatic rings. The molecule has 0 bridgehead atoms. The van der Waals surface area contributed by atoms with Crippen LogP contribution in [0.4, 0.5) is 18.9 Å². The molecule has 0 aliphatic carbocycles. The average Bonchev–Trinajstić information content (AvgIpc) is 2.34. The first-order chi connectivity index (χ1) is 9.90. The number of ether oxygens (including phenoxy) is 1. The molecule has 4 nitrogen and oxygen atoms in total. The highest BCUT2D eigenvalue weighted by atomic mass is 19.4. The third kappa shape index (κ3) is 4.10. The largest absolute Gasteiger partial charge is 0.492 e. The van der Waals surface area contributed by atoms with E-state index in [1.807, 2.05) is 6.92 Å². The lowest BCUT2D eigenvalue weighted by Gasteiger charge is -2.39. The van der Waals surface area contributed by atoms with E-state index < -0.39 is 12.1 Å². The van der Waals surface area contributed by atoms with Crippen molar-refractivity contribution in [3.05, 3.63) is 24.3 Å². The smallest absolute Gasteiger partial charge is 0.394 e. The normalized spacial score (nSPS) is 16.4. The van der Waals surface area contributed by atoms with E-state index in [-0.39, 0.29) is 25.5 Å². The molecule has 116 valence electrons. The summed E-state index contributed by atoms with van der Waals surface area (Å²) in [6.07, 6.45) is -4.17. The molecule has 0 atom stereocenters. The Bertz CT molecular complexity index is 499. The maximum atomic E-state index is 12.4. The van der Waals surface area contributed by atoms with E-state index in [4.69, 9.17) is 4.74 Å². The number of carbonyl (C=O) groups excluding carboxylic acids is 1. The van der Waals surface area contributed by atoms with Gasteiger partial charge in [0.15, 0.2) is 0 Å². The number of anilines is 1. The summed E-state index contributed by atoms with van der Waals surface area (Å²) in [4.78, 5) is 13.3. The number of carbonyl (C=O) groups is 1. The van der Waals surface area contributed by atoms with Crippen LogP contribution in [0, 0.1) is 5.92 Å². The second kappa shape index (κ2) is 6.34. The Morgan fingerprint density at radius 1 is 1.38 bits per heavy atom. The highest BCUT2D eigenvalue weighted by molar-refractivity contribution is 5.93. The molecule has 0 unspecified atom stereocenters. The number of benzene rings is 1. The fourth-order valence-electron chi connectivity index (χ4n) is 2.15. The molecule has 1 fully saturated rings. The van der Waals surface area contributed by atoms with Crippen molar-refractivity contribution in [3.8, 4) is 5.75 Å². The van der Waals surface area contributed by atoms with Crippen molar-refractivity contribution in [2.24, 2.45) is 5.92 Å². The zero-order chi connectivity index (χ0) is 15.5. The van der Waals surface area contributed by atoms with Crippen LogP contribution in [-0.2, 0) is 4.79 Å². The maximum Gasteiger partial charge on any atom is 0.394 e. The Morgan fingerprint density at radius 3 is 2.67 bits per heavy atom. The number of amides is 1. The van der Waals surface area contributed by atoms with Gasteiger partial charge in [0.2, 0.25) is 5.91 Å². The lowest BCUT2D eigenvalue weighted by atomic mass is 10.00. The minimum Gasteiger partial charge on any atom is -0.492 e. The van der Waals surface area contributed by atoms with Crippen molar-refractivity contribution in [3.63, 3.8) is 0 Å². The van der Waals surface area contributed by atoms with Crippen molar-refractivity contribution < 1.29 is 22.7 Å². The maximum absolute atomic E-state index is 12.4.